The zero-order valence-corrected chi connectivity index (χ0v) is 17.9. The summed E-state index contributed by atoms with van der Waals surface area (Å²) < 4.78 is 7.61. The quantitative estimate of drug-likeness (QED) is 0.244. The molecule has 0 saturated carbocycles. The topological polar surface area (TPSA) is 112 Å². The van der Waals surface area contributed by atoms with Gasteiger partial charge in [0.25, 0.3) is 5.69 Å². The predicted molar refractivity (Wildman–Crippen MR) is 122 cm³/mol. The Morgan fingerprint density at radius 3 is 2.66 bits per heavy atom. The summed E-state index contributed by atoms with van der Waals surface area (Å²) in [6.45, 7) is 0.227. The Morgan fingerprint density at radius 2 is 1.84 bits per heavy atom. The Balaban J connectivity index is 1.34. The number of hydrogen-bond acceptors (Lipinski definition) is 7. The maximum Gasteiger partial charge on any atom is 0.292 e. The van der Waals surface area contributed by atoms with E-state index in [-0.39, 0.29) is 29.6 Å². The zero-order chi connectivity index (χ0) is 22.5. The van der Waals surface area contributed by atoms with Crippen LogP contribution >= 0.6 is 11.8 Å². The number of carbonyl (C=O) groups is 1. The van der Waals surface area contributed by atoms with E-state index in [1.165, 1.54) is 23.9 Å². The molecule has 4 rings (SSSR count). The fraction of sp³-hybridized carbons (Fsp3) is 0.136. The molecule has 32 heavy (non-hydrogen) atoms. The number of benzene rings is 3. The van der Waals surface area contributed by atoms with Crippen LogP contribution in [0.2, 0.25) is 0 Å². The minimum atomic E-state index is -0.534. The van der Waals surface area contributed by atoms with Crippen LogP contribution in [0.15, 0.2) is 71.9 Å². The number of nitro groups is 1. The van der Waals surface area contributed by atoms with Gasteiger partial charge < -0.3 is 14.6 Å². The maximum absolute atomic E-state index is 12.3. The first-order valence-corrected chi connectivity index (χ1v) is 10.7. The zero-order valence-electron chi connectivity index (χ0n) is 17.1. The highest BCUT2D eigenvalue weighted by Gasteiger charge is 2.16. The molecule has 4 aromatic rings. The number of nitrogens with zero attached hydrogens (tertiary/aromatic N) is 4. The molecule has 1 N–H and O–H groups in total. The minimum absolute atomic E-state index is 0.0313. The number of fused-ring (bicyclic) bond motifs is 1. The number of aromatic nitrogens is 3. The number of anilines is 1. The van der Waals surface area contributed by atoms with E-state index >= 15 is 0 Å². The van der Waals surface area contributed by atoms with Crippen LogP contribution in [-0.4, -0.2) is 31.3 Å². The first-order chi connectivity index (χ1) is 15.5. The summed E-state index contributed by atoms with van der Waals surface area (Å²) in [5.74, 6) is 0.995. The molecule has 0 bridgehead atoms. The fourth-order valence-electron chi connectivity index (χ4n) is 3.06. The van der Waals surface area contributed by atoms with Crippen molar-refractivity contribution in [2.45, 2.75) is 11.8 Å². The predicted octanol–water partition coefficient (Wildman–Crippen LogP) is 4.19. The molecule has 3 aromatic carbocycles. The van der Waals surface area contributed by atoms with Gasteiger partial charge in [0.05, 0.1) is 10.7 Å². The molecule has 0 spiro atoms. The molecule has 0 atom stereocenters. The summed E-state index contributed by atoms with van der Waals surface area (Å²) in [7, 11) is 1.79. The van der Waals surface area contributed by atoms with Gasteiger partial charge in [0, 0.05) is 13.1 Å². The Hall–Kier alpha value is -3.92. The van der Waals surface area contributed by atoms with E-state index < -0.39 is 4.92 Å². The molecule has 0 unspecified atom stereocenters. The molecule has 0 aliphatic heterocycles. The second kappa shape index (κ2) is 9.48. The van der Waals surface area contributed by atoms with Crippen LogP contribution in [-0.2, 0) is 18.4 Å². The van der Waals surface area contributed by atoms with Crippen molar-refractivity contribution in [3.05, 3.63) is 82.7 Å². The summed E-state index contributed by atoms with van der Waals surface area (Å²) in [6.07, 6.45) is 0. The van der Waals surface area contributed by atoms with Gasteiger partial charge in [-0.3, -0.25) is 14.9 Å². The summed E-state index contributed by atoms with van der Waals surface area (Å²) >= 11 is 1.18. The highest BCUT2D eigenvalue weighted by atomic mass is 32.2. The number of ether oxygens (including phenoxy) is 1. The Kier molecular flexibility index (Phi) is 6.31. The molecule has 0 radical (unpaired) electrons. The van der Waals surface area contributed by atoms with Crippen molar-refractivity contribution >= 4 is 39.8 Å². The van der Waals surface area contributed by atoms with E-state index in [2.05, 4.69) is 15.5 Å². The number of hydrogen-bond donors (Lipinski definition) is 1. The highest BCUT2D eigenvalue weighted by Crippen LogP contribution is 2.25. The molecular weight excluding hydrogens is 430 g/mol. The Bertz CT molecular complexity index is 1290. The van der Waals surface area contributed by atoms with Crippen molar-refractivity contribution < 1.29 is 14.5 Å². The van der Waals surface area contributed by atoms with E-state index in [9.17, 15) is 14.9 Å². The van der Waals surface area contributed by atoms with Crippen LogP contribution in [0.3, 0.4) is 0 Å². The maximum atomic E-state index is 12.3. The van der Waals surface area contributed by atoms with Gasteiger partial charge in [-0.25, -0.2) is 0 Å². The third-order valence-corrected chi connectivity index (χ3v) is 5.74. The highest BCUT2D eigenvalue weighted by molar-refractivity contribution is 7.99. The number of thioether (sulfide) groups is 1. The van der Waals surface area contributed by atoms with E-state index in [0.29, 0.717) is 11.0 Å². The summed E-state index contributed by atoms with van der Waals surface area (Å²) in [5.41, 5.74) is 0.00294. The van der Waals surface area contributed by atoms with Crippen molar-refractivity contribution in [3.8, 4) is 5.75 Å². The average molecular weight is 449 g/mol. The van der Waals surface area contributed by atoms with Crippen molar-refractivity contribution in [2.24, 2.45) is 7.05 Å². The lowest BCUT2D eigenvalue weighted by Crippen LogP contribution is -2.15. The van der Waals surface area contributed by atoms with E-state index in [4.69, 9.17) is 4.74 Å². The van der Waals surface area contributed by atoms with Crippen LogP contribution in [0.25, 0.3) is 10.8 Å². The summed E-state index contributed by atoms with van der Waals surface area (Å²) in [4.78, 5) is 22.8. The summed E-state index contributed by atoms with van der Waals surface area (Å²) in [6, 6.07) is 19.9. The molecule has 1 amide bonds. The molecule has 9 nitrogen and oxygen atoms in total. The first-order valence-electron chi connectivity index (χ1n) is 9.67. The molecule has 162 valence electrons. The number of nitro benzene ring substituents is 1. The van der Waals surface area contributed by atoms with Crippen molar-refractivity contribution in [1.82, 2.24) is 14.8 Å². The van der Waals surface area contributed by atoms with E-state index in [1.807, 2.05) is 42.5 Å². The smallest absolute Gasteiger partial charge is 0.292 e. The molecule has 0 aliphatic rings. The van der Waals surface area contributed by atoms with E-state index in [0.717, 1.165) is 16.5 Å². The normalized spacial score (nSPS) is 10.8. The number of rotatable bonds is 8. The van der Waals surface area contributed by atoms with Gasteiger partial charge in [-0.05, 0) is 29.0 Å². The molecule has 1 aromatic heterocycles. The lowest BCUT2D eigenvalue weighted by molar-refractivity contribution is -0.383. The molecule has 10 heteroatoms. The van der Waals surface area contributed by atoms with Gasteiger partial charge in [0.2, 0.25) is 5.91 Å². The van der Waals surface area contributed by atoms with Gasteiger partial charge in [-0.15, -0.1) is 10.2 Å². The van der Waals surface area contributed by atoms with Crippen molar-refractivity contribution in [3.63, 3.8) is 0 Å². The minimum Gasteiger partial charge on any atom is -0.486 e. The monoisotopic (exact) mass is 449 g/mol. The molecule has 0 aliphatic carbocycles. The fourth-order valence-corrected chi connectivity index (χ4v) is 3.79. The van der Waals surface area contributed by atoms with Crippen LogP contribution < -0.4 is 10.1 Å². The standard InChI is InChI=1S/C22H19N5O4S/c1-26-20(13-31-17-11-10-15-6-2-3-7-16(15)12-17)24-25-22(26)32-14-21(28)23-18-8-4-5-9-19(18)27(29)30/h2-12H,13-14H2,1H3,(H,23,28). The van der Waals surface area contributed by atoms with Crippen molar-refractivity contribution in [1.29, 1.82) is 0 Å². The average Bonchev–Trinajstić information content (AvgIpc) is 3.15. The molecular formula is C22H19N5O4S. The van der Waals surface area contributed by atoms with Gasteiger partial charge in [0.15, 0.2) is 11.0 Å². The Labute approximate surface area is 187 Å². The molecule has 1 heterocycles. The lowest BCUT2D eigenvalue weighted by atomic mass is 10.1. The van der Waals surface area contributed by atoms with Gasteiger partial charge in [-0.1, -0.05) is 54.2 Å². The second-order valence-corrected chi connectivity index (χ2v) is 7.81. The molecule has 0 fully saturated rings. The SMILES string of the molecule is Cn1c(COc2ccc3ccccc3c2)nnc1SCC(=O)Nc1ccccc1[N+](=O)[O-]. The number of nitrogens with one attached hydrogen (secondary N) is 1. The van der Waals surface area contributed by atoms with Crippen molar-refractivity contribution in [2.75, 3.05) is 11.1 Å². The third-order valence-electron chi connectivity index (χ3n) is 4.72. The van der Waals surface area contributed by atoms with Gasteiger partial charge in [0.1, 0.15) is 18.0 Å². The summed E-state index contributed by atoms with van der Waals surface area (Å²) in [5, 5.41) is 24.7. The first kappa shape index (κ1) is 21.3. The van der Waals surface area contributed by atoms with Gasteiger partial charge in [-0.2, -0.15) is 0 Å². The van der Waals surface area contributed by atoms with E-state index in [1.54, 1.807) is 23.7 Å². The Morgan fingerprint density at radius 1 is 1.09 bits per heavy atom. The van der Waals surface area contributed by atoms with Crippen LogP contribution in [0.4, 0.5) is 11.4 Å². The number of amides is 1. The number of carbonyl (C=O) groups excluding carboxylic acids is 1. The largest absolute Gasteiger partial charge is 0.486 e. The van der Waals surface area contributed by atoms with Crippen LogP contribution in [0, 0.1) is 10.1 Å². The second-order valence-electron chi connectivity index (χ2n) is 6.87. The number of para-hydroxylation sites is 2. The van der Waals surface area contributed by atoms with Gasteiger partial charge >= 0.3 is 0 Å². The van der Waals surface area contributed by atoms with Crippen LogP contribution in [0.5, 0.6) is 5.75 Å². The molecule has 0 saturated heterocycles. The third kappa shape index (κ3) is 4.86. The van der Waals surface area contributed by atoms with Crippen LogP contribution in [0.1, 0.15) is 5.82 Å². The lowest BCUT2D eigenvalue weighted by Gasteiger charge is -2.08.